The molecule has 0 aromatic rings. The van der Waals surface area contributed by atoms with Crippen molar-refractivity contribution in [2.75, 3.05) is 59.4 Å². The zero-order valence-corrected chi connectivity index (χ0v) is 13.3. The van der Waals surface area contributed by atoms with Gasteiger partial charge in [-0.15, -0.1) is 0 Å². The molecule has 0 unspecified atom stereocenters. The lowest BCUT2D eigenvalue weighted by Gasteiger charge is -2.36. The maximum absolute atomic E-state index is 9.74. The van der Waals surface area contributed by atoms with Crippen molar-refractivity contribution >= 4 is 0 Å². The van der Waals surface area contributed by atoms with E-state index in [1.165, 1.54) is 0 Å². The van der Waals surface area contributed by atoms with Crippen LogP contribution < -0.4 is 5.73 Å². The number of hydrogen-bond acceptors (Lipinski definition) is 9. The summed E-state index contributed by atoms with van der Waals surface area (Å²) in [5, 5.41) is 28.4. The van der Waals surface area contributed by atoms with E-state index < -0.39 is 24.6 Å². The first-order chi connectivity index (χ1) is 11.2. The fraction of sp³-hybridized carbons (Fsp3) is 1.00. The van der Waals surface area contributed by atoms with Gasteiger partial charge in [0.1, 0.15) is 12.2 Å². The predicted molar refractivity (Wildman–Crippen MR) is 79.8 cm³/mol. The molecule has 0 saturated carbocycles. The quantitative estimate of drug-likeness (QED) is 0.277. The summed E-state index contributed by atoms with van der Waals surface area (Å²) in [6.07, 6.45) is -3.31. The minimum Gasteiger partial charge on any atom is -0.394 e. The Morgan fingerprint density at radius 2 is 1.43 bits per heavy atom. The molecule has 1 heterocycles. The molecule has 0 aliphatic carbocycles. The van der Waals surface area contributed by atoms with Crippen molar-refractivity contribution in [2.24, 2.45) is 5.73 Å². The van der Waals surface area contributed by atoms with Gasteiger partial charge in [0.25, 0.3) is 0 Å². The fourth-order valence-corrected chi connectivity index (χ4v) is 2.03. The molecule has 0 aromatic carbocycles. The van der Waals surface area contributed by atoms with E-state index in [1.807, 2.05) is 0 Å². The van der Waals surface area contributed by atoms with Gasteiger partial charge in [-0.05, 0) is 0 Å². The third-order valence-corrected chi connectivity index (χ3v) is 3.23. The van der Waals surface area contributed by atoms with Crippen molar-refractivity contribution in [3.63, 3.8) is 0 Å². The van der Waals surface area contributed by atoms with Gasteiger partial charge >= 0.3 is 0 Å². The molecule has 0 bridgehead atoms. The molecule has 0 spiro atoms. The molecular weight excluding hydrogens is 310 g/mol. The summed E-state index contributed by atoms with van der Waals surface area (Å²) < 4.78 is 26.4. The maximum atomic E-state index is 9.74. The SMILES string of the molecule is NCCOCCOCCOCCO[C@H]1O[C@@H](CO)[C@@H](O)C[C@H]1O. The Morgan fingerprint density at radius 1 is 0.870 bits per heavy atom. The van der Waals surface area contributed by atoms with Crippen molar-refractivity contribution < 1.29 is 39.0 Å². The van der Waals surface area contributed by atoms with Gasteiger partial charge in [0.2, 0.25) is 0 Å². The Hall–Kier alpha value is -0.360. The molecule has 1 aliphatic heterocycles. The van der Waals surface area contributed by atoms with E-state index in [0.717, 1.165) is 0 Å². The number of rotatable bonds is 13. The minimum absolute atomic E-state index is 0.108. The number of aliphatic hydroxyl groups excluding tert-OH is 3. The molecule has 23 heavy (non-hydrogen) atoms. The molecule has 9 nitrogen and oxygen atoms in total. The zero-order valence-electron chi connectivity index (χ0n) is 13.3. The van der Waals surface area contributed by atoms with Gasteiger partial charge < -0.3 is 44.7 Å². The van der Waals surface area contributed by atoms with Gasteiger partial charge in [-0.1, -0.05) is 0 Å². The molecule has 9 heteroatoms. The van der Waals surface area contributed by atoms with Crippen LogP contribution in [-0.4, -0.2) is 99.3 Å². The highest BCUT2D eigenvalue weighted by Crippen LogP contribution is 2.20. The molecule has 1 fully saturated rings. The highest BCUT2D eigenvalue weighted by atomic mass is 16.7. The topological polar surface area (TPSA) is 133 Å². The lowest BCUT2D eigenvalue weighted by Crippen LogP contribution is -2.50. The lowest BCUT2D eigenvalue weighted by atomic mass is 10.0. The van der Waals surface area contributed by atoms with Crippen LogP contribution in [0.5, 0.6) is 0 Å². The van der Waals surface area contributed by atoms with Gasteiger partial charge in [-0.3, -0.25) is 0 Å². The number of ether oxygens (including phenoxy) is 5. The van der Waals surface area contributed by atoms with Crippen LogP contribution >= 0.6 is 0 Å². The molecule has 0 aromatic heterocycles. The van der Waals surface area contributed by atoms with Crippen LogP contribution in [0.2, 0.25) is 0 Å². The van der Waals surface area contributed by atoms with Crippen LogP contribution in [0.3, 0.4) is 0 Å². The standard InChI is InChI=1S/C14H29NO8/c15-1-2-19-3-4-20-5-6-21-7-8-22-14-12(18)9-11(17)13(10-16)23-14/h11-14,16-18H,1-10,15H2/t11-,12+,13-,14-/m0/s1. The Kier molecular flexibility index (Phi) is 11.7. The smallest absolute Gasteiger partial charge is 0.184 e. The van der Waals surface area contributed by atoms with Crippen molar-refractivity contribution in [3.05, 3.63) is 0 Å². The normalized spacial score (nSPS) is 28.2. The summed E-state index contributed by atoms with van der Waals surface area (Å²) in [4.78, 5) is 0. The van der Waals surface area contributed by atoms with E-state index in [4.69, 9.17) is 34.5 Å². The van der Waals surface area contributed by atoms with E-state index in [0.29, 0.717) is 46.2 Å². The number of aliphatic hydroxyl groups is 3. The van der Waals surface area contributed by atoms with E-state index in [2.05, 4.69) is 0 Å². The van der Waals surface area contributed by atoms with E-state index in [-0.39, 0.29) is 19.6 Å². The summed E-state index contributed by atoms with van der Waals surface area (Å²) in [5.41, 5.74) is 5.28. The zero-order chi connectivity index (χ0) is 16.9. The average molecular weight is 339 g/mol. The second-order valence-corrected chi connectivity index (χ2v) is 5.09. The molecule has 1 rings (SSSR count). The van der Waals surface area contributed by atoms with Crippen LogP contribution in [0.4, 0.5) is 0 Å². The van der Waals surface area contributed by atoms with Crippen molar-refractivity contribution in [3.8, 4) is 0 Å². The van der Waals surface area contributed by atoms with Crippen LogP contribution in [0.25, 0.3) is 0 Å². The molecule has 5 N–H and O–H groups in total. The predicted octanol–water partition coefficient (Wildman–Crippen LogP) is -2.16. The van der Waals surface area contributed by atoms with E-state index in [9.17, 15) is 10.2 Å². The van der Waals surface area contributed by atoms with Crippen LogP contribution in [0, 0.1) is 0 Å². The van der Waals surface area contributed by atoms with E-state index in [1.54, 1.807) is 0 Å². The molecular formula is C14H29NO8. The third-order valence-electron chi connectivity index (χ3n) is 3.23. The Morgan fingerprint density at radius 3 is 2.00 bits per heavy atom. The average Bonchev–Trinajstić information content (AvgIpc) is 2.54. The van der Waals surface area contributed by atoms with Crippen molar-refractivity contribution in [2.45, 2.75) is 31.0 Å². The molecule has 4 atom stereocenters. The highest BCUT2D eigenvalue weighted by molar-refractivity contribution is 4.80. The Balaban J connectivity index is 1.94. The molecule has 1 saturated heterocycles. The van der Waals surface area contributed by atoms with Crippen molar-refractivity contribution in [1.82, 2.24) is 0 Å². The summed E-state index contributed by atoms with van der Waals surface area (Å²) >= 11 is 0. The number of hydrogen-bond donors (Lipinski definition) is 4. The largest absolute Gasteiger partial charge is 0.394 e. The van der Waals surface area contributed by atoms with Gasteiger partial charge in [0.15, 0.2) is 6.29 Å². The number of nitrogens with two attached hydrogens (primary N) is 1. The van der Waals surface area contributed by atoms with Gasteiger partial charge in [0.05, 0.1) is 59.0 Å². The first kappa shape index (κ1) is 20.7. The monoisotopic (exact) mass is 339 g/mol. The van der Waals surface area contributed by atoms with E-state index >= 15 is 0 Å². The fourth-order valence-electron chi connectivity index (χ4n) is 2.03. The summed E-state index contributed by atoms with van der Waals surface area (Å²) in [6.45, 7) is 3.14. The molecule has 0 radical (unpaired) electrons. The Labute approximate surface area is 136 Å². The van der Waals surface area contributed by atoms with Gasteiger partial charge in [-0.25, -0.2) is 0 Å². The highest BCUT2D eigenvalue weighted by Gasteiger charge is 2.36. The molecule has 0 amide bonds. The van der Waals surface area contributed by atoms with Gasteiger partial charge in [-0.2, -0.15) is 0 Å². The second kappa shape index (κ2) is 13.0. The van der Waals surface area contributed by atoms with Crippen LogP contribution in [0.1, 0.15) is 6.42 Å². The van der Waals surface area contributed by atoms with Crippen LogP contribution in [0.15, 0.2) is 0 Å². The third kappa shape index (κ3) is 8.89. The lowest BCUT2D eigenvalue weighted by molar-refractivity contribution is -0.272. The first-order valence-corrected chi connectivity index (χ1v) is 7.86. The summed E-state index contributed by atoms with van der Waals surface area (Å²) in [6, 6.07) is 0. The Bertz CT molecular complexity index is 284. The van der Waals surface area contributed by atoms with Crippen molar-refractivity contribution in [1.29, 1.82) is 0 Å². The second-order valence-electron chi connectivity index (χ2n) is 5.09. The maximum Gasteiger partial charge on any atom is 0.184 e. The minimum atomic E-state index is -0.926. The van der Waals surface area contributed by atoms with Crippen LogP contribution in [-0.2, 0) is 23.7 Å². The summed E-state index contributed by atoms with van der Waals surface area (Å²) in [5.74, 6) is 0. The van der Waals surface area contributed by atoms with Gasteiger partial charge in [0, 0.05) is 13.0 Å². The molecule has 1 aliphatic rings. The first-order valence-electron chi connectivity index (χ1n) is 7.86. The summed E-state index contributed by atoms with van der Waals surface area (Å²) in [7, 11) is 0. The molecule has 138 valence electrons.